The summed E-state index contributed by atoms with van der Waals surface area (Å²) in [5.41, 5.74) is 0. The highest BCUT2D eigenvalue weighted by Crippen LogP contribution is 2.65. The van der Waals surface area contributed by atoms with Gasteiger partial charge in [0.25, 0.3) is 0 Å². The second-order valence-electron chi connectivity index (χ2n) is 4.61. The Kier molecular flexibility index (Phi) is 2.53. The van der Waals surface area contributed by atoms with E-state index in [1.54, 1.807) is 0 Å². The Morgan fingerprint density at radius 3 is 0.778 bits per heavy atom. The van der Waals surface area contributed by atoms with Crippen LogP contribution in [0, 0.1) is 35.5 Å². The van der Waals surface area contributed by atoms with Crippen molar-refractivity contribution in [2.75, 3.05) is 0 Å². The van der Waals surface area contributed by atoms with Gasteiger partial charge in [-0.1, -0.05) is 0 Å². The fourth-order valence-corrected chi connectivity index (χ4v) is 2.90. The largest absolute Gasteiger partial charge is 0.481 e. The molecule has 4 atom stereocenters. The first kappa shape index (κ1) is 12.3. The molecule has 0 aromatic carbocycles. The van der Waals surface area contributed by atoms with Gasteiger partial charge in [0.05, 0.1) is 23.7 Å². The fourth-order valence-electron chi connectivity index (χ4n) is 2.90. The van der Waals surface area contributed by atoms with Gasteiger partial charge >= 0.3 is 23.9 Å². The lowest BCUT2D eigenvalue weighted by atomic mass is 10.1. The predicted molar refractivity (Wildman–Crippen MR) is 51.5 cm³/mol. The van der Waals surface area contributed by atoms with Gasteiger partial charge in [-0.3, -0.25) is 19.2 Å². The van der Waals surface area contributed by atoms with Crippen molar-refractivity contribution in [3.8, 4) is 0 Å². The van der Waals surface area contributed by atoms with Crippen LogP contribution in [0.2, 0.25) is 0 Å². The Bertz CT molecular complexity index is 373. The first-order valence-corrected chi connectivity index (χ1v) is 5.20. The first-order chi connectivity index (χ1) is 8.29. The van der Waals surface area contributed by atoms with Crippen molar-refractivity contribution in [2.45, 2.75) is 0 Å². The molecule has 4 N–H and O–H groups in total. The molecule has 0 amide bonds. The molecule has 8 heteroatoms. The molecule has 2 rings (SSSR count). The zero-order valence-electron chi connectivity index (χ0n) is 8.89. The van der Waals surface area contributed by atoms with E-state index < -0.39 is 59.4 Å². The maximum absolute atomic E-state index is 10.8. The van der Waals surface area contributed by atoms with Crippen LogP contribution in [0.4, 0.5) is 0 Å². The standard InChI is InChI=1S/C10H10O8/c11-7(12)3-1(4(3)8(13)14)2-5(9(15)16)6(2)10(17)18/h1-6H,(H,11,12)(H,13,14)(H,15,16)(H,17,18)/t3-,4-,5-,6-/m0/s1. The predicted octanol–water partition coefficient (Wildman–Crippen LogP) is -0.951. The normalized spacial score (nSPS) is 40.9. The van der Waals surface area contributed by atoms with Gasteiger partial charge in [-0.15, -0.1) is 0 Å². The van der Waals surface area contributed by atoms with Gasteiger partial charge in [0, 0.05) is 0 Å². The van der Waals surface area contributed by atoms with E-state index in [0.29, 0.717) is 0 Å². The molecule has 18 heavy (non-hydrogen) atoms. The summed E-state index contributed by atoms with van der Waals surface area (Å²) in [6, 6.07) is 0. The van der Waals surface area contributed by atoms with E-state index in [1.165, 1.54) is 0 Å². The van der Waals surface area contributed by atoms with Crippen molar-refractivity contribution in [3.63, 3.8) is 0 Å². The molecular formula is C10H10O8. The summed E-state index contributed by atoms with van der Waals surface area (Å²) in [6.45, 7) is 0. The van der Waals surface area contributed by atoms with E-state index in [1.807, 2.05) is 0 Å². The van der Waals surface area contributed by atoms with Gasteiger partial charge in [-0.05, 0) is 11.8 Å². The third kappa shape index (κ3) is 1.60. The topological polar surface area (TPSA) is 149 Å². The maximum atomic E-state index is 10.8. The average molecular weight is 258 g/mol. The minimum Gasteiger partial charge on any atom is -0.481 e. The van der Waals surface area contributed by atoms with Crippen molar-refractivity contribution >= 4 is 23.9 Å². The molecule has 0 aromatic heterocycles. The zero-order chi connectivity index (χ0) is 13.8. The van der Waals surface area contributed by atoms with Crippen LogP contribution < -0.4 is 0 Å². The fraction of sp³-hybridized carbons (Fsp3) is 0.600. The minimum atomic E-state index is -1.33. The molecule has 0 unspecified atom stereocenters. The molecule has 0 bridgehead atoms. The minimum absolute atomic E-state index is 0.901. The molecule has 0 heterocycles. The number of rotatable bonds is 5. The van der Waals surface area contributed by atoms with Crippen molar-refractivity contribution in [3.05, 3.63) is 0 Å². The summed E-state index contributed by atoms with van der Waals surface area (Å²) >= 11 is 0. The van der Waals surface area contributed by atoms with Crippen LogP contribution in [-0.4, -0.2) is 44.3 Å². The Labute approximate surface area is 99.8 Å². The van der Waals surface area contributed by atoms with Crippen molar-refractivity contribution in [1.82, 2.24) is 0 Å². The van der Waals surface area contributed by atoms with Crippen LogP contribution in [0.5, 0.6) is 0 Å². The zero-order valence-corrected chi connectivity index (χ0v) is 8.89. The highest BCUT2D eigenvalue weighted by Gasteiger charge is 2.74. The molecule has 2 aliphatic rings. The molecule has 2 saturated carbocycles. The highest BCUT2D eigenvalue weighted by molar-refractivity contribution is 5.90. The molecule has 0 spiro atoms. The van der Waals surface area contributed by atoms with Gasteiger partial charge in [0.1, 0.15) is 0 Å². The Balaban J connectivity index is 2.18. The van der Waals surface area contributed by atoms with Crippen LogP contribution in [0.25, 0.3) is 0 Å². The highest BCUT2D eigenvalue weighted by atomic mass is 16.4. The van der Waals surface area contributed by atoms with E-state index in [-0.39, 0.29) is 0 Å². The Hall–Kier alpha value is -2.12. The molecule has 8 nitrogen and oxygen atoms in total. The molecule has 0 saturated heterocycles. The van der Waals surface area contributed by atoms with E-state index in [2.05, 4.69) is 0 Å². The van der Waals surface area contributed by atoms with Gasteiger partial charge < -0.3 is 20.4 Å². The van der Waals surface area contributed by atoms with E-state index >= 15 is 0 Å². The van der Waals surface area contributed by atoms with Crippen LogP contribution in [0.3, 0.4) is 0 Å². The first-order valence-electron chi connectivity index (χ1n) is 5.20. The third-order valence-electron chi connectivity index (χ3n) is 3.74. The molecule has 98 valence electrons. The molecular weight excluding hydrogens is 248 g/mol. The van der Waals surface area contributed by atoms with Crippen molar-refractivity contribution in [1.29, 1.82) is 0 Å². The summed E-state index contributed by atoms with van der Waals surface area (Å²) in [7, 11) is 0. The smallest absolute Gasteiger partial charge is 0.307 e. The molecule has 0 aromatic rings. The molecule has 2 aliphatic carbocycles. The van der Waals surface area contributed by atoms with Gasteiger partial charge in [0.15, 0.2) is 0 Å². The lowest BCUT2D eigenvalue weighted by Gasteiger charge is -1.92. The monoisotopic (exact) mass is 258 g/mol. The molecule has 0 aliphatic heterocycles. The summed E-state index contributed by atoms with van der Waals surface area (Å²) in [5, 5.41) is 35.2. The Morgan fingerprint density at radius 2 is 0.667 bits per heavy atom. The van der Waals surface area contributed by atoms with E-state index in [9.17, 15) is 19.2 Å². The summed E-state index contributed by atoms with van der Waals surface area (Å²) in [6.07, 6.45) is 0. The second-order valence-corrected chi connectivity index (χ2v) is 4.61. The van der Waals surface area contributed by atoms with E-state index in [4.69, 9.17) is 20.4 Å². The number of carboxylic acids is 4. The SMILES string of the molecule is O=C(O)[C@H]1C(C2[C@H](C(=O)O)[C@H]2C(=O)O)[C@@H]1C(=O)O. The van der Waals surface area contributed by atoms with Crippen LogP contribution in [0.1, 0.15) is 0 Å². The summed E-state index contributed by atoms with van der Waals surface area (Å²) in [4.78, 5) is 43.3. The number of hydrogen-bond acceptors (Lipinski definition) is 4. The molecule has 2 fully saturated rings. The van der Waals surface area contributed by atoms with Crippen LogP contribution >= 0.6 is 0 Å². The lowest BCUT2D eigenvalue weighted by Crippen LogP contribution is -2.05. The number of carboxylic acid groups (broad SMARTS) is 4. The van der Waals surface area contributed by atoms with Crippen LogP contribution in [-0.2, 0) is 19.2 Å². The average Bonchev–Trinajstić information content (AvgIpc) is 3.08. The van der Waals surface area contributed by atoms with Crippen LogP contribution in [0.15, 0.2) is 0 Å². The number of aliphatic carboxylic acids is 4. The number of hydrogen-bond donors (Lipinski definition) is 4. The second kappa shape index (κ2) is 3.69. The lowest BCUT2D eigenvalue weighted by molar-refractivity contribution is -0.144. The van der Waals surface area contributed by atoms with Gasteiger partial charge in [-0.25, -0.2) is 0 Å². The Morgan fingerprint density at radius 1 is 0.500 bits per heavy atom. The van der Waals surface area contributed by atoms with Gasteiger partial charge in [-0.2, -0.15) is 0 Å². The van der Waals surface area contributed by atoms with Crippen molar-refractivity contribution in [2.24, 2.45) is 35.5 Å². The molecule has 0 radical (unpaired) electrons. The summed E-state index contributed by atoms with van der Waals surface area (Å²) < 4.78 is 0. The maximum Gasteiger partial charge on any atom is 0.307 e. The van der Waals surface area contributed by atoms with Crippen molar-refractivity contribution < 1.29 is 39.6 Å². The van der Waals surface area contributed by atoms with E-state index in [0.717, 1.165) is 0 Å². The number of carbonyl (C=O) groups is 4. The quantitative estimate of drug-likeness (QED) is 0.493. The summed E-state index contributed by atoms with van der Waals surface area (Å²) in [5.74, 6) is -11.8. The third-order valence-corrected chi connectivity index (χ3v) is 3.74. The van der Waals surface area contributed by atoms with Gasteiger partial charge in [0.2, 0.25) is 0 Å².